The zero-order chi connectivity index (χ0) is 17.2. The number of likely N-dealkylation sites (tertiary alicyclic amines) is 1. The molecule has 128 valence electrons. The van der Waals surface area contributed by atoms with Crippen LogP contribution in [0.3, 0.4) is 0 Å². The van der Waals surface area contributed by atoms with Crippen molar-refractivity contribution in [3.8, 4) is 11.3 Å². The lowest BCUT2D eigenvalue weighted by Crippen LogP contribution is -2.19. The number of fused-ring (bicyclic) bond motifs is 5. The van der Waals surface area contributed by atoms with Crippen LogP contribution in [0.4, 0.5) is 0 Å². The molecule has 0 bridgehead atoms. The van der Waals surface area contributed by atoms with Gasteiger partial charge in [-0.05, 0) is 37.2 Å². The maximum atomic E-state index is 13.2. The van der Waals surface area contributed by atoms with Crippen LogP contribution in [0, 0.1) is 0 Å². The van der Waals surface area contributed by atoms with Crippen molar-refractivity contribution in [2.75, 3.05) is 19.6 Å². The van der Waals surface area contributed by atoms with Crippen molar-refractivity contribution < 1.29 is 8.42 Å². The minimum atomic E-state index is -3.52. The first-order valence-electron chi connectivity index (χ1n) is 8.83. The molecular weight excluding hydrogens is 332 g/mol. The Morgan fingerprint density at radius 1 is 1.08 bits per heavy atom. The van der Waals surface area contributed by atoms with Crippen LogP contribution in [-0.2, 0) is 10.0 Å². The lowest BCUT2D eigenvalue weighted by atomic mass is 9.92. The summed E-state index contributed by atoms with van der Waals surface area (Å²) in [5.41, 5.74) is 3.75. The van der Waals surface area contributed by atoms with E-state index in [0.717, 1.165) is 48.2 Å². The Hall–Kier alpha value is -2.11. The maximum Gasteiger partial charge on any atom is 0.269 e. The van der Waals surface area contributed by atoms with Gasteiger partial charge in [-0.25, -0.2) is 12.4 Å². The average Bonchev–Trinajstić information content (AvgIpc) is 3.28. The van der Waals surface area contributed by atoms with Crippen LogP contribution in [-0.4, -0.2) is 36.9 Å². The number of aromatic nitrogens is 1. The molecule has 0 aliphatic carbocycles. The van der Waals surface area contributed by atoms with Gasteiger partial charge in [-0.3, -0.25) is 0 Å². The van der Waals surface area contributed by atoms with Gasteiger partial charge < -0.3 is 4.90 Å². The van der Waals surface area contributed by atoms with Crippen LogP contribution in [0.15, 0.2) is 53.4 Å². The SMILES string of the molecule is CCN1CCC(c2c3n(c4ccccc24)S(=O)(=O)c2ccccc2-3)C1. The molecule has 3 aromatic rings. The fourth-order valence-electron chi connectivity index (χ4n) is 4.49. The molecule has 1 saturated heterocycles. The fourth-order valence-corrected chi connectivity index (χ4v) is 6.24. The Morgan fingerprint density at radius 2 is 1.84 bits per heavy atom. The van der Waals surface area contributed by atoms with Gasteiger partial charge in [0, 0.05) is 23.4 Å². The second kappa shape index (κ2) is 5.19. The average molecular weight is 352 g/mol. The molecule has 1 aromatic heterocycles. The molecule has 1 fully saturated rings. The van der Waals surface area contributed by atoms with Crippen LogP contribution < -0.4 is 0 Å². The maximum absolute atomic E-state index is 13.2. The lowest BCUT2D eigenvalue weighted by Gasteiger charge is -2.14. The predicted octanol–water partition coefficient (Wildman–Crippen LogP) is 3.67. The van der Waals surface area contributed by atoms with E-state index in [1.165, 1.54) is 5.56 Å². The highest BCUT2D eigenvalue weighted by Gasteiger charge is 2.39. The van der Waals surface area contributed by atoms with Crippen molar-refractivity contribution in [2.24, 2.45) is 0 Å². The van der Waals surface area contributed by atoms with Gasteiger partial charge >= 0.3 is 0 Å². The molecule has 0 amide bonds. The van der Waals surface area contributed by atoms with E-state index in [4.69, 9.17) is 0 Å². The van der Waals surface area contributed by atoms with E-state index in [1.807, 2.05) is 30.3 Å². The number of likely N-dealkylation sites (N-methyl/N-ethyl adjacent to an activating group) is 1. The smallest absolute Gasteiger partial charge is 0.269 e. The summed E-state index contributed by atoms with van der Waals surface area (Å²) in [7, 11) is -3.52. The van der Waals surface area contributed by atoms with Gasteiger partial charge in [0.2, 0.25) is 0 Å². The molecule has 0 radical (unpaired) electrons. The predicted molar refractivity (Wildman–Crippen MR) is 99.4 cm³/mol. The third kappa shape index (κ3) is 1.94. The van der Waals surface area contributed by atoms with E-state index in [2.05, 4.69) is 17.9 Å². The van der Waals surface area contributed by atoms with Gasteiger partial charge in [-0.15, -0.1) is 0 Å². The highest BCUT2D eigenvalue weighted by Crippen LogP contribution is 2.48. The Morgan fingerprint density at radius 3 is 2.64 bits per heavy atom. The van der Waals surface area contributed by atoms with Gasteiger partial charge in [-0.2, -0.15) is 0 Å². The zero-order valence-electron chi connectivity index (χ0n) is 14.1. The summed E-state index contributed by atoms with van der Waals surface area (Å²) in [6.07, 6.45) is 1.08. The van der Waals surface area contributed by atoms with Crippen molar-refractivity contribution in [1.29, 1.82) is 0 Å². The second-order valence-corrected chi connectivity index (χ2v) is 8.68. The summed E-state index contributed by atoms with van der Waals surface area (Å²) in [6.45, 7) is 5.30. The molecule has 2 aromatic carbocycles. The molecule has 0 saturated carbocycles. The first-order valence-corrected chi connectivity index (χ1v) is 10.3. The molecule has 0 N–H and O–H groups in total. The van der Waals surface area contributed by atoms with E-state index in [0.29, 0.717) is 10.8 Å². The number of hydrogen-bond donors (Lipinski definition) is 0. The normalized spacial score (nSPS) is 21.6. The molecular formula is C20H20N2O2S. The molecule has 2 aliphatic heterocycles. The molecule has 2 aliphatic rings. The molecule has 5 heteroatoms. The quantitative estimate of drug-likeness (QED) is 0.553. The van der Waals surface area contributed by atoms with Gasteiger partial charge in [0.25, 0.3) is 10.0 Å². The lowest BCUT2D eigenvalue weighted by molar-refractivity contribution is 0.354. The summed E-state index contributed by atoms with van der Waals surface area (Å²) >= 11 is 0. The summed E-state index contributed by atoms with van der Waals surface area (Å²) in [6, 6.07) is 15.3. The Kier molecular flexibility index (Phi) is 3.15. The molecule has 1 unspecified atom stereocenters. The van der Waals surface area contributed by atoms with Crippen molar-refractivity contribution in [3.63, 3.8) is 0 Å². The number of benzene rings is 2. The highest BCUT2D eigenvalue weighted by atomic mass is 32.2. The monoisotopic (exact) mass is 352 g/mol. The topological polar surface area (TPSA) is 42.3 Å². The summed E-state index contributed by atoms with van der Waals surface area (Å²) < 4.78 is 28.0. The second-order valence-electron chi connectivity index (χ2n) is 6.92. The van der Waals surface area contributed by atoms with Crippen LogP contribution in [0.25, 0.3) is 22.2 Å². The van der Waals surface area contributed by atoms with Crippen molar-refractivity contribution >= 4 is 20.9 Å². The van der Waals surface area contributed by atoms with Gasteiger partial charge in [0.15, 0.2) is 0 Å². The van der Waals surface area contributed by atoms with Gasteiger partial charge in [0.1, 0.15) is 0 Å². The molecule has 25 heavy (non-hydrogen) atoms. The number of hydrogen-bond acceptors (Lipinski definition) is 3. The summed E-state index contributed by atoms with van der Waals surface area (Å²) in [5.74, 6) is 0.377. The van der Waals surface area contributed by atoms with E-state index in [-0.39, 0.29) is 0 Å². The van der Waals surface area contributed by atoms with Crippen LogP contribution in [0.2, 0.25) is 0 Å². The third-order valence-electron chi connectivity index (χ3n) is 5.66. The number of rotatable bonds is 2. The van der Waals surface area contributed by atoms with Crippen molar-refractivity contribution in [3.05, 3.63) is 54.1 Å². The summed E-state index contributed by atoms with van der Waals surface area (Å²) in [5, 5.41) is 1.08. The van der Waals surface area contributed by atoms with Crippen LogP contribution in [0.5, 0.6) is 0 Å². The van der Waals surface area contributed by atoms with Crippen molar-refractivity contribution in [2.45, 2.75) is 24.2 Å². The largest absolute Gasteiger partial charge is 0.303 e. The van der Waals surface area contributed by atoms with E-state index >= 15 is 0 Å². The Bertz CT molecular complexity index is 1100. The third-order valence-corrected chi connectivity index (χ3v) is 7.43. The van der Waals surface area contributed by atoms with E-state index in [9.17, 15) is 8.42 Å². The minimum Gasteiger partial charge on any atom is -0.303 e. The highest BCUT2D eigenvalue weighted by molar-refractivity contribution is 7.90. The van der Waals surface area contributed by atoms with Gasteiger partial charge in [-0.1, -0.05) is 43.3 Å². The van der Waals surface area contributed by atoms with E-state index < -0.39 is 10.0 Å². The zero-order valence-corrected chi connectivity index (χ0v) is 15.0. The van der Waals surface area contributed by atoms with Gasteiger partial charge in [0.05, 0.1) is 16.1 Å². The van der Waals surface area contributed by atoms with E-state index in [1.54, 1.807) is 16.1 Å². The van der Waals surface area contributed by atoms with Crippen LogP contribution >= 0.6 is 0 Å². The minimum absolute atomic E-state index is 0.377. The molecule has 0 spiro atoms. The first kappa shape index (κ1) is 15.2. The molecule has 4 nitrogen and oxygen atoms in total. The van der Waals surface area contributed by atoms with Crippen LogP contribution in [0.1, 0.15) is 24.8 Å². The first-order chi connectivity index (χ1) is 12.1. The molecule has 5 rings (SSSR count). The standard InChI is InChI=1S/C20H20N2O2S/c1-2-21-12-11-14(13-21)19-15-7-3-5-9-17(15)22-20(19)16-8-4-6-10-18(16)25(22,23)24/h3-10,14H,2,11-13H2,1H3. The Balaban J connectivity index is 1.87. The molecule has 1 atom stereocenters. The number of nitrogens with zero attached hydrogens (tertiary/aromatic N) is 2. The molecule has 3 heterocycles. The fraction of sp³-hybridized carbons (Fsp3) is 0.300. The Labute approximate surface area is 147 Å². The summed E-state index contributed by atoms with van der Waals surface area (Å²) in [4.78, 5) is 2.88. The number of para-hydroxylation sites is 1. The van der Waals surface area contributed by atoms with Crippen molar-refractivity contribution in [1.82, 2.24) is 8.87 Å².